The molecule has 0 saturated carbocycles. The molecule has 0 fully saturated rings. The van der Waals surface area contributed by atoms with E-state index in [9.17, 15) is 9.59 Å². The van der Waals surface area contributed by atoms with Gasteiger partial charge in [-0.2, -0.15) is 0 Å². The minimum absolute atomic E-state index is 0.191. The number of nitrogens with one attached hydrogen (secondary N) is 1. The van der Waals surface area contributed by atoms with E-state index in [2.05, 4.69) is 5.32 Å². The van der Waals surface area contributed by atoms with Gasteiger partial charge in [0.1, 0.15) is 11.9 Å². The molecule has 0 amide bonds. The highest BCUT2D eigenvalue weighted by Crippen LogP contribution is 2.20. The number of rotatable bonds is 9. The van der Waals surface area contributed by atoms with Gasteiger partial charge in [0.25, 0.3) is 0 Å². The van der Waals surface area contributed by atoms with Crippen molar-refractivity contribution in [2.45, 2.75) is 25.5 Å². The Bertz CT molecular complexity index is 519. The maximum atomic E-state index is 10.8. The second kappa shape index (κ2) is 8.79. The standard InChI is InChI=1S/C15H19NO5/c1-16-10-12-8-13(20-2)4-3-11(12)7-14(9-15(18)19)21-6-5-17/h3-4,6,8,14,16H,7,9-10H2,1-2H3,(H,18,19). The lowest BCUT2D eigenvalue weighted by Crippen LogP contribution is -2.20. The third kappa shape index (κ3) is 5.69. The summed E-state index contributed by atoms with van der Waals surface area (Å²) in [6.07, 6.45) is 0.428. The van der Waals surface area contributed by atoms with Crippen molar-refractivity contribution in [3.8, 4) is 5.75 Å². The molecule has 0 aliphatic rings. The van der Waals surface area contributed by atoms with Gasteiger partial charge in [0.2, 0.25) is 0 Å². The van der Waals surface area contributed by atoms with E-state index in [1.165, 1.54) is 5.94 Å². The van der Waals surface area contributed by atoms with Crippen molar-refractivity contribution in [2.75, 3.05) is 14.2 Å². The van der Waals surface area contributed by atoms with Crippen LogP contribution in [0.4, 0.5) is 0 Å². The second-order valence-corrected chi connectivity index (χ2v) is 4.46. The first-order valence-electron chi connectivity index (χ1n) is 6.47. The molecular formula is C15H19NO5. The van der Waals surface area contributed by atoms with Crippen molar-refractivity contribution in [3.63, 3.8) is 0 Å². The fraction of sp³-hybridized carbons (Fsp3) is 0.400. The Morgan fingerprint density at radius 2 is 2.24 bits per heavy atom. The lowest BCUT2D eigenvalue weighted by molar-refractivity contribution is -0.139. The van der Waals surface area contributed by atoms with E-state index in [0.29, 0.717) is 13.0 Å². The Morgan fingerprint density at radius 3 is 2.81 bits per heavy atom. The number of ether oxygens (including phenoxy) is 2. The molecule has 1 atom stereocenters. The molecule has 21 heavy (non-hydrogen) atoms. The van der Waals surface area contributed by atoms with E-state index in [4.69, 9.17) is 14.6 Å². The maximum Gasteiger partial charge on any atom is 0.307 e. The summed E-state index contributed by atoms with van der Waals surface area (Å²) in [5, 5.41) is 11.9. The molecule has 1 unspecified atom stereocenters. The highest BCUT2D eigenvalue weighted by Gasteiger charge is 2.16. The Kier molecular flexibility index (Phi) is 7.01. The van der Waals surface area contributed by atoms with Crippen LogP contribution < -0.4 is 10.1 Å². The number of carbonyl (C=O) groups is 1. The molecule has 6 nitrogen and oxygen atoms in total. The van der Waals surface area contributed by atoms with Crippen LogP contribution in [-0.4, -0.2) is 37.3 Å². The number of methoxy groups -OCH3 is 1. The smallest absolute Gasteiger partial charge is 0.307 e. The van der Waals surface area contributed by atoms with Crippen molar-refractivity contribution in [2.24, 2.45) is 0 Å². The van der Waals surface area contributed by atoms with Crippen LogP contribution in [0.5, 0.6) is 5.75 Å². The fourth-order valence-corrected chi connectivity index (χ4v) is 2.02. The SMILES string of the molecule is CNCc1cc(OC)ccc1CC(CC(=O)O)OC=C=O. The number of aliphatic carboxylic acids is 1. The van der Waals surface area contributed by atoms with E-state index in [1.807, 2.05) is 25.2 Å². The second-order valence-electron chi connectivity index (χ2n) is 4.46. The van der Waals surface area contributed by atoms with Crippen molar-refractivity contribution in [3.05, 3.63) is 35.6 Å². The van der Waals surface area contributed by atoms with Gasteiger partial charge in [-0.05, 0) is 30.3 Å². The molecule has 0 saturated heterocycles. The van der Waals surface area contributed by atoms with Crippen LogP contribution in [0.2, 0.25) is 0 Å². The number of carbonyl (C=O) groups excluding carboxylic acids is 1. The lowest BCUT2D eigenvalue weighted by atomic mass is 9.99. The van der Waals surface area contributed by atoms with Crippen molar-refractivity contribution in [1.82, 2.24) is 5.32 Å². The molecule has 6 heteroatoms. The molecule has 0 spiro atoms. The van der Waals surface area contributed by atoms with Gasteiger partial charge in [0.05, 0.1) is 13.5 Å². The summed E-state index contributed by atoms with van der Waals surface area (Å²) in [5.74, 6) is 1.24. The fourth-order valence-electron chi connectivity index (χ4n) is 2.02. The molecule has 114 valence electrons. The predicted octanol–water partition coefficient (Wildman–Crippen LogP) is 1.16. The summed E-state index contributed by atoms with van der Waals surface area (Å²) in [4.78, 5) is 21.1. The summed E-state index contributed by atoms with van der Waals surface area (Å²) in [5.41, 5.74) is 1.93. The van der Waals surface area contributed by atoms with E-state index >= 15 is 0 Å². The Morgan fingerprint density at radius 1 is 1.48 bits per heavy atom. The number of carboxylic acids is 1. The highest BCUT2D eigenvalue weighted by atomic mass is 16.5. The topological polar surface area (TPSA) is 84.9 Å². The Hall–Kier alpha value is -2.30. The number of carboxylic acid groups (broad SMARTS) is 1. The Labute approximate surface area is 123 Å². The molecule has 0 aromatic heterocycles. The first-order valence-corrected chi connectivity index (χ1v) is 6.47. The zero-order valence-corrected chi connectivity index (χ0v) is 12.1. The minimum Gasteiger partial charge on any atom is -0.497 e. The summed E-state index contributed by atoms with van der Waals surface area (Å²) in [7, 11) is 3.41. The number of hydrogen-bond acceptors (Lipinski definition) is 5. The van der Waals surface area contributed by atoms with Crippen LogP contribution in [-0.2, 0) is 27.3 Å². The van der Waals surface area contributed by atoms with Crippen LogP contribution in [0.3, 0.4) is 0 Å². The molecule has 1 aromatic carbocycles. The summed E-state index contributed by atoms with van der Waals surface area (Å²) >= 11 is 0. The van der Waals surface area contributed by atoms with Gasteiger partial charge in [0, 0.05) is 13.0 Å². The molecule has 1 aromatic rings. The van der Waals surface area contributed by atoms with Gasteiger partial charge in [-0.1, -0.05) is 6.07 Å². The molecule has 0 heterocycles. The van der Waals surface area contributed by atoms with Gasteiger partial charge in [-0.15, -0.1) is 0 Å². The van der Waals surface area contributed by atoms with E-state index in [-0.39, 0.29) is 6.42 Å². The number of hydrogen-bond donors (Lipinski definition) is 2. The Balaban J connectivity index is 2.94. The quantitative estimate of drug-likeness (QED) is 0.525. The third-order valence-electron chi connectivity index (χ3n) is 2.94. The van der Waals surface area contributed by atoms with Gasteiger partial charge in [-0.25, -0.2) is 4.79 Å². The predicted molar refractivity (Wildman–Crippen MR) is 76.9 cm³/mol. The largest absolute Gasteiger partial charge is 0.497 e. The van der Waals surface area contributed by atoms with Crippen LogP contribution in [0.25, 0.3) is 0 Å². The zero-order chi connectivity index (χ0) is 15.7. The van der Waals surface area contributed by atoms with Crippen LogP contribution in [0.15, 0.2) is 24.5 Å². The minimum atomic E-state index is -0.983. The average molecular weight is 293 g/mol. The molecule has 0 radical (unpaired) electrons. The van der Waals surface area contributed by atoms with Crippen LogP contribution in [0, 0.1) is 0 Å². The van der Waals surface area contributed by atoms with Crippen LogP contribution in [0.1, 0.15) is 17.5 Å². The normalized spacial score (nSPS) is 11.3. The summed E-state index contributed by atoms with van der Waals surface area (Å²) in [6, 6.07) is 5.56. The molecule has 0 aliphatic carbocycles. The van der Waals surface area contributed by atoms with Gasteiger partial charge in [0.15, 0.2) is 12.2 Å². The van der Waals surface area contributed by atoms with E-state index in [1.54, 1.807) is 7.11 Å². The summed E-state index contributed by atoms with van der Waals surface area (Å²) < 4.78 is 10.3. The summed E-state index contributed by atoms with van der Waals surface area (Å²) in [6.45, 7) is 0.621. The van der Waals surface area contributed by atoms with Crippen molar-refractivity contribution < 1.29 is 24.2 Å². The van der Waals surface area contributed by atoms with Crippen LogP contribution >= 0.6 is 0 Å². The van der Waals surface area contributed by atoms with Gasteiger partial charge in [-0.3, -0.25) is 4.79 Å². The first kappa shape index (κ1) is 16.8. The zero-order valence-electron chi connectivity index (χ0n) is 12.1. The number of benzene rings is 1. The monoisotopic (exact) mass is 293 g/mol. The molecular weight excluding hydrogens is 274 g/mol. The third-order valence-corrected chi connectivity index (χ3v) is 2.94. The van der Waals surface area contributed by atoms with Gasteiger partial charge >= 0.3 is 5.97 Å². The van der Waals surface area contributed by atoms with E-state index in [0.717, 1.165) is 23.1 Å². The molecule has 2 N–H and O–H groups in total. The van der Waals surface area contributed by atoms with Crippen molar-refractivity contribution >= 4 is 11.9 Å². The van der Waals surface area contributed by atoms with Crippen molar-refractivity contribution in [1.29, 1.82) is 0 Å². The maximum absolute atomic E-state index is 10.8. The molecule has 1 rings (SSSR count). The molecule has 0 bridgehead atoms. The lowest BCUT2D eigenvalue weighted by Gasteiger charge is -2.17. The molecule has 0 aliphatic heterocycles. The van der Waals surface area contributed by atoms with Gasteiger partial charge < -0.3 is 19.9 Å². The highest BCUT2D eigenvalue weighted by molar-refractivity contribution is 5.67. The average Bonchev–Trinajstić information content (AvgIpc) is 2.46. The first-order chi connectivity index (χ1) is 10.1. The van der Waals surface area contributed by atoms with E-state index < -0.39 is 12.1 Å².